The lowest BCUT2D eigenvalue weighted by Gasteiger charge is -2.01. The fourth-order valence-electron chi connectivity index (χ4n) is 1.70. The summed E-state index contributed by atoms with van der Waals surface area (Å²) in [6.45, 7) is 3.32. The number of benzene rings is 2. The molecular weight excluding hydrogens is 236 g/mol. The van der Waals surface area contributed by atoms with Crippen LogP contribution in [0, 0.1) is 0 Å². The van der Waals surface area contributed by atoms with Gasteiger partial charge in [0.05, 0.1) is 6.26 Å². The molecule has 0 aliphatic heterocycles. The molecule has 0 aliphatic rings. The summed E-state index contributed by atoms with van der Waals surface area (Å²) >= 11 is 0. The Morgan fingerprint density at radius 2 is 1.58 bits per heavy atom. The Bertz CT molecular complexity index is 580. The Morgan fingerprint density at radius 1 is 0.947 bits per heavy atom. The molecule has 0 radical (unpaired) electrons. The van der Waals surface area contributed by atoms with Crippen molar-refractivity contribution in [1.82, 2.24) is 0 Å². The fourth-order valence-corrected chi connectivity index (χ4v) is 1.70. The highest BCUT2D eigenvalue weighted by atomic mass is 16.5. The lowest BCUT2D eigenvalue weighted by Crippen LogP contribution is -1.92. The van der Waals surface area contributed by atoms with Crippen LogP contribution in [-0.4, -0.2) is 5.97 Å². The van der Waals surface area contributed by atoms with Crippen LogP contribution in [-0.2, 0) is 9.53 Å². The summed E-state index contributed by atoms with van der Waals surface area (Å²) in [6, 6.07) is 18.1. The Hall–Kier alpha value is -2.61. The zero-order valence-electron chi connectivity index (χ0n) is 10.5. The van der Waals surface area contributed by atoms with Crippen molar-refractivity contribution in [2.75, 3.05) is 0 Å². The number of carbonyl (C=O) groups is 1. The van der Waals surface area contributed by atoms with Crippen LogP contribution in [0.2, 0.25) is 0 Å². The monoisotopic (exact) mass is 250 g/mol. The van der Waals surface area contributed by atoms with Crippen LogP contribution < -0.4 is 0 Å². The highest BCUT2D eigenvalue weighted by molar-refractivity contribution is 5.87. The van der Waals surface area contributed by atoms with Crippen LogP contribution in [0.5, 0.6) is 0 Å². The summed E-state index contributed by atoms with van der Waals surface area (Å²) in [7, 11) is 0. The van der Waals surface area contributed by atoms with Crippen LogP contribution >= 0.6 is 0 Å². The van der Waals surface area contributed by atoms with E-state index in [4.69, 9.17) is 0 Å². The van der Waals surface area contributed by atoms with Gasteiger partial charge in [-0.05, 0) is 22.8 Å². The molecule has 0 aromatic heterocycles. The Labute approximate surface area is 112 Å². The fraction of sp³-hybridized carbons (Fsp3) is 0. The Balaban J connectivity index is 2.11. The minimum atomic E-state index is -0.429. The van der Waals surface area contributed by atoms with Gasteiger partial charge in [-0.3, -0.25) is 0 Å². The van der Waals surface area contributed by atoms with Crippen molar-refractivity contribution in [3.05, 3.63) is 79.1 Å². The van der Waals surface area contributed by atoms with Crippen LogP contribution in [0.1, 0.15) is 5.56 Å². The van der Waals surface area contributed by atoms with E-state index in [2.05, 4.69) is 23.4 Å². The van der Waals surface area contributed by atoms with Crippen molar-refractivity contribution in [3.8, 4) is 11.1 Å². The molecule has 2 heteroatoms. The zero-order chi connectivity index (χ0) is 13.5. The van der Waals surface area contributed by atoms with Gasteiger partial charge >= 0.3 is 5.97 Å². The molecule has 0 saturated carbocycles. The molecule has 2 aromatic carbocycles. The highest BCUT2D eigenvalue weighted by Gasteiger charge is 1.96. The molecule has 0 spiro atoms. The minimum Gasteiger partial charge on any atom is -0.432 e. The number of hydrogen-bond donors (Lipinski definition) is 0. The number of esters is 1. The van der Waals surface area contributed by atoms with Gasteiger partial charge in [0, 0.05) is 6.08 Å². The summed E-state index contributed by atoms with van der Waals surface area (Å²) in [5.74, 6) is -0.429. The second kappa shape index (κ2) is 6.36. The normalized spacial score (nSPS) is 10.3. The predicted octanol–water partition coefficient (Wildman–Crippen LogP) is 4.05. The van der Waals surface area contributed by atoms with Crippen LogP contribution in [0.4, 0.5) is 0 Å². The van der Waals surface area contributed by atoms with Crippen molar-refractivity contribution in [2.24, 2.45) is 0 Å². The van der Waals surface area contributed by atoms with Crippen molar-refractivity contribution in [1.29, 1.82) is 0 Å². The lowest BCUT2D eigenvalue weighted by molar-refractivity contribution is -0.132. The Morgan fingerprint density at radius 3 is 2.21 bits per heavy atom. The molecule has 0 unspecified atom stereocenters. The number of ether oxygens (including phenoxy) is 1. The summed E-state index contributed by atoms with van der Waals surface area (Å²) in [6.07, 6.45) is 4.20. The van der Waals surface area contributed by atoms with Crippen LogP contribution in [0.3, 0.4) is 0 Å². The van der Waals surface area contributed by atoms with E-state index in [9.17, 15) is 4.79 Å². The van der Waals surface area contributed by atoms with Gasteiger partial charge < -0.3 is 4.74 Å². The minimum absolute atomic E-state index is 0.429. The maximum atomic E-state index is 11.1. The van der Waals surface area contributed by atoms with E-state index in [1.165, 1.54) is 11.6 Å². The molecule has 2 rings (SSSR count). The SMILES string of the molecule is C=COC(=O)C=Cc1ccc(-c2ccccc2)cc1. The highest BCUT2D eigenvalue weighted by Crippen LogP contribution is 2.19. The standard InChI is InChI=1S/C17H14O2/c1-2-19-17(18)13-10-14-8-11-16(12-9-14)15-6-4-3-5-7-15/h2-13H,1H2. The molecule has 0 amide bonds. The summed E-state index contributed by atoms with van der Waals surface area (Å²) < 4.78 is 4.59. The largest absolute Gasteiger partial charge is 0.432 e. The molecule has 2 nitrogen and oxygen atoms in total. The van der Waals surface area contributed by atoms with Gasteiger partial charge in [-0.15, -0.1) is 0 Å². The van der Waals surface area contributed by atoms with Crippen molar-refractivity contribution >= 4 is 12.0 Å². The molecule has 0 saturated heterocycles. The predicted molar refractivity (Wildman–Crippen MR) is 77.2 cm³/mol. The number of carbonyl (C=O) groups excluding carboxylic acids is 1. The maximum Gasteiger partial charge on any atom is 0.335 e. The number of rotatable bonds is 4. The van der Waals surface area contributed by atoms with Crippen molar-refractivity contribution in [3.63, 3.8) is 0 Å². The quantitative estimate of drug-likeness (QED) is 0.465. The van der Waals surface area contributed by atoms with Gasteiger partial charge in [0.2, 0.25) is 0 Å². The molecule has 0 N–H and O–H groups in total. The summed E-state index contributed by atoms with van der Waals surface area (Å²) in [4.78, 5) is 11.1. The van der Waals surface area contributed by atoms with Crippen LogP contribution in [0.15, 0.2) is 73.5 Å². The topological polar surface area (TPSA) is 26.3 Å². The zero-order valence-corrected chi connectivity index (χ0v) is 10.5. The Kier molecular flexibility index (Phi) is 4.29. The average molecular weight is 250 g/mol. The first-order valence-electron chi connectivity index (χ1n) is 5.94. The second-order valence-electron chi connectivity index (χ2n) is 3.92. The van der Waals surface area contributed by atoms with E-state index < -0.39 is 5.97 Å². The van der Waals surface area contributed by atoms with Gasteiger partial charge in [0.25, 0.3) is 0 Å². The first-order chi connectivity index (χ1) is 9.29. The van der Waals surface area contributed by atoms with E-state index in [-0.39, 0.29) is 0 Å². The first kappa shape index (κ1) is 12.8. The average Bonchev–Trinajstić information content (AvgIpc) is 2.47. The molecule has 2 aromatic rings. The van der Waals surface area contributed by atoms with Crippen LogP contribution in [0.25, 0.3) is 17.2 Å². The van der Waals surface area contributed by atoms with E-state index in [0.29, 0.717) is 0 Å². The van der Waals surface area contributed by atoms with E-state index >= 15 is 0 Å². The molecule has 19 heavy (non-hydrogen) atoms. The van der Waals surface area contributed by atoms with E-state index in [0.717, 1.165) is 17.4 Å². The molecule has 0 atom stereocenters. The molecule has 0 fully saturated rings. The van der Waals surface area contributed by atoms with Gasteiger partial charge in [-0.25, -0.2) is 4.79 Å². The van der Waals surface area contributed by atoms with Gasteiger partial charge in [0.1, 0.15) is 0 Å². The van der Waals surface area contributed by atoms with E-state index in [1.54, 1.807) is 6.08 Å². The van der Waals surface area contributed by atoms with Gasteiger partial charge in [-0.2, -0.15) is 0 Å². The maximum absolute atomic E-state index is 11.1. The smallest absolute Gasteiger partial charge is 0.335 e. The number of hydrogen-bond acceptors (Lipinski definition) is 2. The summed E-state index contributed by atoms with van der Waals surface area (Å²) in [5.41, 5.74) is 3.26. The van der Waals surface area contributed by atoms with Gasteiger partial charge in [-0.1, -0.05) is 61.2 Å². The molecule has 0 heterocycles. The lowest BCUT2D eigenvalue weighted by atomic mass is 10.0. The van der Waals surface area contributed by atoms with E-state index in [1.807, 2.05) is 42.5 Å². The third-order valence-electron chi connectivity index (χ3n) is 2.63. The molecule has 94 valence electrons. The second-order valence-corrected chi connectivity index (χ2v) is 3.92. The first-order valence-corrected chi connectivity index (χ1v) is 5.94. The third kappa shape index (κ3) is 3.68. The molecule has 0 aliphatic carbocycles. The molecule has 0 bridgehead atoms. The van der Waals surface area contributed by atoms with Gasteiger partial charge in [0.15, 0.2) is 0 Å². The summed E-state index contributed by atoms with van der Waals surface area (Å²) in [5, 5.41) is 0. The van der Waals surface area contributed by atoms with Crippen molar-refractivity contribution < 1.29 is 9.53 Å². The molecular formula is C17H14O2. The van der Waals surface area contributed by atoms with Crippen molar-refractivity contribution in [2.45, 2.75) is 0 Å². The third-order valence-corrected chi connectivity index (χ3v) is 2.63.